The van der Waals surface area contributed by atoms with E-state index in [0.29, 0.717) is 10.8 Å². The minimum atomic E-state index is -3.41. The number of hydrogen-bond acceptors (Lipinski definition) is 5. The third-order valence-corrected chi connectivity index (χ3v) is 6.93. The molecule has 0 saturated heterocycles. The molecule has 0 aliphatic carbocycles. The van der Waals surface area contributed by atoms with Crippen molar-refractivity contribution in [3.05, 3.63) is 39.9 Å². The Hall–Kier alpha value is -0.730. The SMILES string of the molecule is CCN(CC)[C@H](CNS(=O)(=O)c1cccs1)c1ccsc1. The van der Waals surface area contributed by atoms with E-state index in [4.69, 9.17) is 0 Å². The van der Waals surface area contributed by atoms with E-state index in [1.165, 1.54) is 11.3 Å². The van der Waals surface area contributed by atoms with Gasteiger partial charge >= 0.3 is 0 Å². The third-order valence-electron chi connectivity index (χ3n) is 3.41. The number of nitrogens with one attached hydrogen (secondary N) is 1. The molecule has 4 nitrogen and oxygen atoms in total. The number of sulfonamides is 1. The van der Waals surface area contributed by atoms with Crippen LogP contribution in [0.15, 0.2) is 38.5 Å². The fraction of sp³-hybridized carbons (Fsp3) is 0.429. The molecule has 0 aliphatic heterocycles. The summed E-state index contributed by atoms with van der Waals surface area (Å²) in [6.45, 7) is 6.35. The van der Waals surface area contributed by atoms with Crippen molar-refractivity contribution >= 4 is 32.7 Å². The van der Waals surface area contributed by atoms with Crippen LogP contribution in [-0.4, -0.2) is 33.0 Å². The molecule has 0 amide bonds. The molecule has 0 fully saturated rings. The van der Waals surface area contributed by atoms with Crippen LogP contribution in [0, 0.1) is 0 Å². The maximum absolute atomic E-state index is 12.2. The number of nitrogens with zero attached hydrogens (tertiary/aromatic N) is 1. The maximum Gasteiger partial charge on any atom is 0.250 e. The lowest BCUT2D eigenvalue weighted by molar-refractivity contribution is 0.220. The van der Waals surface area contributed by atoms with Crippen LogP contribution in [0.5, 0.6) is 0 Å². The van der Waals surface area contributed by atoms with Crippen LogP contribution in [0.3, 0.4) is 0 Å². The van der Waals surface area contributed by atoms with Gasteiger partial charge in [0, 0.05) is 12.6 Å². The highest BCUT2D eigenvalue weighted by molar-refractivity contribution is 7.91. The van der Waals surface area contributed by atoms with Crippen LogP contribution in [0.2, 0.25) is 0 Å². The van der Waals surface area contributed by atoms with E-state index in [2.05, 4.69) is 34.9 Å². The van der Waals surface area contributed by atoms with Crippen molar-refractivity contribution in [2.24, 2.45) is 0 Å². The van der Waals surface area contributed by atoms with Gasteiger partial charge in [0.2, 0.25) is 10.0 Å². The summed E-state index contributed by atoms with van der Waals surface area (Å²) in [5.41, 5.74) is 1.16. The first-order chi connectivity index (χ1) is 10.1. The molecule has 0 saturated carbocycles. The summed E-state index contributed by atoms with van der Waals surface area (Å²) in [7, 11) is -3.41. The number of thiophene rings is 2. The van der Waals surface area contributed by atoms with Gasteiger partial charge in [-0.25, -0.2) is 13.1 Å². The molecule has 21 heavy (non-hydrogen) atoms. The summed E-state index contributed by atoms with van der Waals surface area (Å²) < 4.78 is 27.6. The first kappa shape index (κ1) is 16.6. The molecule has 7 heteroatoms. The van der Waals surface area contributed by atoms with E-state index in [9.17, 15) is 8.42 Å². The van der Waals surface area contributed by atoms with E-state index >= 15 is 0 Å². The van der Waals surface area contributed by atoms with Gasteiger partial charge in [-0.05, 0) is 46.9 Å². The molecule has 0 bridgehead atoms. The Kier molecular flexibility index (Phi) is 5.95. The lowest BCUT2D eigenvalue weighted by atomic mass is 10.1. The van der Waals surface area contributed by atoms with Crippen LogP contribution in [0.25, 0.3) is 0 Å². The highest BCUT2D eigenvalue weighted by Gasteiger charge is 2.22. The highest BCUT2D eigenvalue weighted by atomic mass is 32.2. The molecule has 0 unspecified atom stereocenters. The molecular formula is C14H20N2O2S3. The smallest absolute Gasteiger partial charge is 0.250 e. The van der Waals surface area contributed by atoms with Crippen molar-refractivity contribution in [1.82, 2.24) is 9.62 Å². The number of likely N-dealkylation sites (N-methyl/N-ethyl adjacent to an activating group) is 1. The van der Waals surface area contributed by atoms with Crippen LogP contribution >= 0.6 is 22.7 Å². The Balaban J connectivity index is 2.13. The Morgan fingerprint density at radius 1 is 1.24 bits per heavy atom. The van der Waals surface area contributed by atoms with Crippen molar-refractivity contribution in [2.75, 3.05) is 19.6 Å². The Labute approximate surface area is 134 Å². The standard InChI is InChI=1S/C14H20N2O2S3/c1-3-16(4-2)13(12-7-9-19-11-12)10-15-21(17,18)14-6-5-8-20-14/h5-9,11,13,15H,3-4,10H2,1-2H3/t13-/m1/s1. The van der Waals surface area contributed by atoms with Gasteiger partial charge in [-0.3, -0.25) is 4.90 Å². The van der Waals surface area contributed by atoms with E-state index in [0.717, 1.165) is 18.7 Å². The average molecular weight is 345 g/mol. The summed E-state index contributed by atoms with van der Waals surface area (Å²) >= 11 is 2.87. The zero-order valence-electron chi connectivity index (χ0n) is 12.2. The molecule has 2 aromatic rings. The molecule has 1 N–H and O–H groups in total. The lowest BCUT2D eigenvalue weighted by Crippen LogP contribution is -2.37. The molecular weight excluding hydrogens is 324 g/mol. The molecule has 0 spiro atoms. The van der Waals surface area contributed by atoms with Crippen LogP contribution in [0.4, 0.5) is 0 Å². The Morgan fingerprint density at radius 3 is 2.52 bits per heavy atom. The lowest BCUT2D eigenvalue weighted by Gasteiger charge is -2.29. The quantitative estimate of drug-likeness (QED) is 0.800. The van der Waals surface area contributed by atoms with Crippen molar-refractivity contribution in [3.63, 3.8) is 0 Å². The molecule has 2 rings (SSSR count). The first-order valence-electron chi connectivity index (χ1n) is 6.87. The first-order valence-corrected chi connectivity index (χ1v) is 10.2. The minimum absolute atomic E-state index is 0.0704. The second-order valence-corrected chi connectivity index (χ2v) is 8.30. The van der Waals surface area contributed by atoms with Gasteiger partial charge in [0.1, 0.15) is 4.21 Å². The zero-order valence-corrected chi connectivity index (χ0v) is 14.6. The molecule has 2 heterocycles. The van der Waals surface area contributed by atoms with E-state index in [1.807, 2.05) is 5.38 Å². The molecule has 2 aromatic heterocycles. The fourth-order valence-electron chi connectivity index (χ4n) is 2.26. The second kappa shape index (κ2) is 7.51. The van der Waals surface area contributed by atoms with Gasteiger partial charge in [0.25, 0.3) is 0 Å². The fourth-order valence-corrected chi connectivity index (χ4v) is 5.05. The number of rotatable bonds is 8. The third kappa shape index (κ3) is 4.14. The summed E-state index contributed by atoms with van der Waals surface area (Å²) in [6, 6.07) is 5.51. The summed E-state index contributed by atoms with van der Waals surface area (Å²) in [5.74, 6) is 0. The summed E-state index contributed by atoms with van der Waals surface area (Å²) in [6.07, 6.45) is 0. The Bertz CT molecular complexity index is 617. The van der Waals surface area contributed by atoms with Gasteiger partial charge in [0.05, 0.1) is 0 Å². The summed E-state index contributed by atoms with van der Waals surface area (Å²) in [4.78, 5) is 2.26. The highest BCUT2D eigenvalue weighted by Crippen LogP contribution is 2.23. The normalized spacial score (nSPS) is 13.7. The van der Waals surface area contributed by atoms with Crippen molar-refractivity contribution in [1.29, 1.82) is 0 Å². The van der Waals surface area contributed by atoms with Crippen molar-refractivity contribution in [2.45, 2.75) is 24.1 Å². The minimum Gasteiger partial charge on any atom is -0.296 e. The van der Waals surface area contributed by atoms with Gasteiger partial charge in [-0.2, -0.15) is 11.3 Å². The van der Waals surface area contributed by atoms with E-state index < -0.39 is 10.0 Å². The molecule has 116 valence electrons. The van der Waals surface area contributed by atoms with Crippen LogP contribution in [0.1, 0.15) is 25.5 Å². The molecule has 1 atom stereocenters. The Morgan fingerprint density at radius 2 is 2.00 bits per heavy atom. The summed E-state index contributed by atoms with van der Waals surface area (Å²) in [5, 5.41) is 5.89. The maximum atomic E-state index is 12.2. The average Bonchev–Trinajstić information content (AvgIpc) is 3.15. The second-order valence-electron chi connectivity index (χ2n) is 4.58. The van der Waals surface area contributed by atoms with E-state index in [-0.39, 0.29) is 6.04 Å². The van der Waals surface area contributed by atoms with Crippen LogP contribution in [-0.2, 0) is 10.0 Å². The van der Waals surface area contributed by atoms with Gasteiger partial charge in [-0.15, -0.1) is 11.3 Å². The van der Waals surface area contributed by atoms with Gasteiger partial charge in [0.15, 0.2) is 0 Å². The van der Waals surface area contributed by atoms with Crippen LogP contribution < -0.4 is 4.72 Å². The van der Waals surface area contributed by atoms with Gasteiger partial charge in [-0.1, -0.05) is 19.9 Å². The predicted molar refractivity (Wildman–Crippen MR) is 89.5 cm³/mol. The van der Waals surface area contributed by atoms with E-state index in [1.54, 1.807) is 28.8 Å². The van der Waals surface area contributed by atoms with Gasteiger partial charge < -0.3 is 0 Å². The van der Waals surface area contributed by atoms with Crippen molar-refractivity contribution < 1.29 is 8.42 Å². The molecule has 0 radical (unpaired) electrons. The number of hydrogen-bond donors (Lipinski definition) is 1. The molecule has 0 aromatic carbocycles. The van der Waals surface area contributed by atoms with Crippen molar-refractivity contribution in [3.8, 4) is 0 Å². The largest absolute Gasteiger partial charge is 0.296 e. The molecule has 0 aliphatic rings. The topological polar surface area (TPSA) is 49.4 Å². The zero-order chi connectivity index (χ0) is 15.3. The predicted octanol–water partition coefficient (Wildman–Crippen LogP) is 3.17. The monoisotopic (exact) mass is 344 g/mol.